The SMILES string of the molecule is CCCCOC(=O)CCCC1(c2ccccc2)C2c3cc4c5cc3c3c6c7c(cc8c9c%10c%11c%12c%13c%14c(cc(c5c%14c5c(C)c3c(c79)c%10c5%13)C4)CC=%12CC%11C8)=CC621. The van der Waals surface area contributed by atoms with Gasteiger partial charge in [-0.15, -0.1) is 0 Å². The predicted molar refractivity (Wildman–Crippen MR) is 233 cm³/mol. The number of benzene rings is 7. The lowest BCUT2D eigenvalue weighted by Gasteiger charge is -2.26. The zero-order valence-corrected chi connectivity index (χ0v) is 32.3. The number of rotatable bonds is 8. The van der Waals surface area contributed by atoms with E-state index in [1.165, 1.54) is 39.1 Å². The van der Waals surface area contributed by atoms with E-state index in [1.807, 2.05) is 0 Å². The van der Waals surface area contributed by atoms with Crippen molar-refractivity contribution in [2.24, 2.45) is 0 Å². The first-order valence-electron chi connectivity index (χ1n) is 22.0. The van der Waals surface area contributed by atoms with E-state index in [-0.39, 0.29) is 16.8 Å². The quantitative estimate of drug-likeness (QED) is 0.0884. The molecular weight excluding hydrogens is 693 g/mol. The fraction of sp³-hybridized carbons (Fsp3) is 0.291. The third kappa shape index (κ3) is 2.59. The summed E-state index contributed by atoms with van der Waals surface area (Å²) in [5, 5.41) is 28.5. The molecular formula is C55H38O2. The highest BCUT2D eigenvalue weighted by Gasteiger charge is 2.79. The Labute approximate surface area is 328 Å². The van der Waals surface area contributed by atoms with Gasteiger partial charge in [-0.05, 0) is 211 Å². The van der Waals surface area contributed by atoms with Crippen molar-refractivity contribution in [2.45, 2.75) is 94.3 Å². The Bertz CT molecular complexity index is 3830. The van der Waals surface area contributed by atoms with Crippen LogP contribution in [0.2, 0.25) is 0 Å². The minimum absolute atomic E-state index is 0.0368. The molecule has 10 aromatic rings. The molecule has 0 radical (unpaired) electrons. The van der Waals surface area contributed by atoms with Gasteiger partial charge in [-0.1, -0.05) is 73.5 Å². The van der Waals surface area contributed by atoms with Crippen molar-refractivity contribution in [3.8, 4) is 0 Å². The topological polar surface area (TPSA) is 26.3 Å². The van der Waals surface area contributed by atoms with Gasteiger partial charge in [0.05, 0.1) is 6.61 Å². The number of aryl methyl sites for hydroxylation is 1. The van der Waals surface area contributed by atoms with Crippen LogP contribution < -0.4 is 10.4 Å². The summed E-state index contributed by atoms with van der Waals surface area (Å²) in [5.41, 5.74) is 15.5. The molecule has 0 amide bonds. The highest BCUT2D eigenvalue weighted by molar-refractivity contribution is 6.53. The molecule has 17 rings (SSSR count). The molecule has 1 fully saturated rings. The van der Waals surface area contributed by atoms with Crippen LogP contribution >= 0.6 is 0 Å². The second-order valence-electron chi connectivity index (χ2n) is 19.7. The van der Waals surface area contributed by atoms with Crippen LogP contribution in [-0.4, -0.2) is 12.6 Å². The van der Waals surface area contributed by atoms with E-state index < -0.39 is 0 Å². The van der Waals surface area contributed by atoms with Crippen molar-refractivity contribution in [3.05, 3.63) is 115 Å². The maximum Gasteiger partial charge on any atom is 0.305 e. The van der Waals surface area contributed by atoms with Crippen LogP contribution in [0.1, 0.15) is 107 Å². The molecule has 57 heavy (non-hydrogen) atoms. The molecule has 4 bridgehead atoms. The second-order valence-corrected chi connectivity index (χ2v) is 19.7. The summed E-state index contributed by atoms with van der Waals surface area (Å²) >= 11 is 0. The van der Waals surface area contributed by atoms with Gasteiger partial charge in [-0.3, -0.25) is 4.79 Å². The molecule has 1 spiro atoms. The van der Waals surface area contributed by atoms with Gasteiger partial charge in [0.15, 0.2) is 0 Å². The molecule has 7 aliphatic rings. The molecule has 2 nitrogen and oxygen atoms in total. The van der Waals surface area contributed by atoms with Crippen LogP contribution in [0.5, 0.6) is 0 Å². The van der Waals surface area contributed by atoms with E-state index in [0.29, 0.717) is 24.9 Å². The molecule has 10 aromatic carbocycles. The Morgan fingerprint density at radius 3 is 2.40 bits per heavy atom. The fourth-order valence-electron chi connectivity index (χ4n) is 16.3. The number of carbonyl (C=O) groups excluding carboxylic acids is 1. The van der Waals surface area contributed by atoms with E-state index in [4.69, 9.17) is 4.74 Å². The Morgan fingerprint density at radius 1 is 0.719 bits per heavy atom. The molecule has 0 N–H and O–H groups in total. The van der Waals surface area contributed by atoms with E-state index in [2.05, 4.69) is 74.5 Å². The average molecular weight is 731 g/mol. The van der Waals surface area contributed by atoms with Gasteiger partial charge in [-0.25, -0.2) is 0 Å². The Morgan fingerprint density at radius 2 is 1.51 bits per heavy atom. The summed E-state index contributed by atoms with van der Waals surface area (Å²) in [7, 11) is 0. The fourth-order valence-corrected chi connectivity index (χ4v) is 16.3. The van der Waals surface area contributed by atoms with Gasteiger partial charge in [-0.2, -0.15) is 0 Å². The second kappa shape index (κ2) is 8.53. The van der Waals surface area contributed by atoms with Gasteiger partial charge in [0.1, 0.15) is 0 Å². The summed E-state index contributed by atoms with van der Waals surface area (Å²) in [4.78, 5) is 13.2. The Kier molecular flexibility index (Phi) is 4.32. The minimum Gasteiger partial charge on any atom is -0.466 e. The van der Waals surface area contributed by atoms with E-state index >= 15 is 0 Å². The van der Waals surface area contributed by atoms with E-state index in [1.54, 1.807) is 120 Å². The van der Waals surface area contributed by atoms with Crippen LogP contribution in [0, 0.1) is 6.92 Å². The van der Waals surface area contributed by atoms with Crippen molar-refractivity contribution in [1.29, 1.82) is 0 Å². The zero-order valence-electron chi connectivity index (χ0n) is 32.3. The largest absolute Gasteiger partial charge is 0.466 e. The summed E-state index contributed by atoms with van der Waals surface area (Å²) in [6.45, 7) is 5.22. The van der Waals surface area contributed by atoms with Crippen molar-refractivity contribution < 1.29 is 9.53 Å². The molecule has 0 aromatic heterocycles. The Balaban J connectivity index is 1.11. The first-order valence-corrected chi connectivity index (χ1v) is 22.0. The predicted octanol–water partition coefficient (Wildman–Crippen LogP) is 11.2. The molecule has 0 aliphatic heterocycles. The standard InChI is InChI=1S/C55H38O2/c1-3-4-13-57-35(56)11-8-12-54(31-9-6-5-7-10-31)53-34-20-24-14-25-15-28-17-26-16-27-18-29-19-30-22-55(53,54)52-43(30)50-42(29)49-40(27)39(26)48-41(28)45-37-23(2)36(46(50)51(49)47(37)48)44(52)33(34)21-32(24)38(25)45/h5-7,9-10,15,19-22,27,53H,3-4,8,11-14,16-18H2,1-2H3. The number of ether oxygens (including phenoxy) is 1. The maximum atomic E-state index is 13.2. The van der Waals surface area contributed by atoms with Crippen molar-refractivity contribution >= 4 is 104 Å². The smallest absolute Gasteiger partial charge is 0.305 e. The summed E-state index contributed by atoms with van der Waals surface area (Å²) < 4.78 is 5.77. The summed E-state index contributed by atoms with van der Waals surface area (Å²) in [5.74, 6) is 0.856. The first-order chi connectivity index (χ1) is 28.0. The van der Waals surface area contributed by atoms with Gasteiger partial charge < -0.3 is 4.74 Å². The molecule has 1 saturated carbocycles. The number of unbranched alkanes of at least 4 members (excludes halogenated alkanes) is 1. The van der Waals surface area contributed by atoms with Gasteiger partial charge >= 0.3 is 5.97 Å². The molecule has 270 valence electrons. The van der Waals surface area contributed by atoms with Crippen LogP contribution in [0.25, 0.3) is 97.8 Å². The van der Waals surface area contributed by atoms with Crippen molar-refractivity contribution in [1.82, 2.24) is 0 Å². The number of hydrogen-bond acceptors (Lipinski definition) is 2. The van der Waals surface area contributed by atoms with E-state index in [0.717, 1.165) is 44.9 Å². The normalized spacial score (nSPS) is 24.8. The molecule has 2 heteroatoms. The van der Waals surface area contributed by atoms with Crippen molar-refractivity contribution in [2.75, 3.05) is 6.61 Å². The maximum absolute atomic E-state index is 13.2. The minimum atomic E-state index is -0.171. The van der Waals surface area contributed by atoms with Crippen molar-refractivity contribution in [3.63, 3.8) is 0 Å². The van der Waals surface area contributed by atoms with Crippen LogP contribution in [0.3, 0.4) is 0 Å². The molecule has 0 heterocycles. The zero-order chi connectivity index (χ0) is 36.7. The van der Waals surface area contributed by atoms with Crippen LogP contribution in [-0.2, 0) is 39.6 Å². The lowest BCUT2D eigenvalue weighted by atomic mass is 9.76. The lowest BCUT2D eigenvalue weighted by Crippen LogP contribution is -2.20. The summed E-state index contributed by atoms with van der Waals surface area (Å²) in [6.07, 6.45) is 11.6. The number of esters is 1. The number of hydrogen-bond donors (Lipinski definition) is 0. The highest BCUT2D eigenvalue weighted by atomic mass is 16.5. The molecule has 0 saturated heterocycles. The molecule has 7 aliphatic carbocycles. The molecule has 4 atom stereocenters. The monoisotopic (exact) mass is 730 g/mol. The van der Waals surface area contributed by atoms with Gasteiger partial charge in [0.2, 0.25) is 0 Å². The molecule has 4 unspecified atom stereocenters. The third-order valence-corrected chi connectivity index (χ3v) is 17.8. The average Bonchev–Trinajstić information content (AvgIpc) is 3.81. The third-order valence-electron chi connectivity index (χ3n) is 17.8. The van der Waals surface area contributed by atoms with Gasteiger partial charge in [0.25, 0.3) is 0 Å². The summed E-state index contributed by atoms with van der Waals surface area (Å²) in [6, 6.07) is 22.3. The first kappa shape index (κ1) is 28.9. The highest BCUT2D eigenvalue weighted by Crippen LogP contribution is 2.83. The lowest BCUT2D eigenvalue weighted by molar-refractivity contribution is -0.143. The van der Waals surface area contributed by atoms with Crippen LogP contribution in [0.15, 0.2) is 54.6 Å². The number of fused-ring (bicyclic) bond motifs is 1. The van der Waals surface area contributed by atoms with Crippen LogP contribution in [0.4, 0.5) is 0 Å². The Hall–Kier alpha value is -5.47. The number of carbonyl (C=O) groups is 1. The van der Waals surface area contributed by atoms with Gasteiger partial charge in [0, 0.05) is 23.2 Å². The van der Waals surface area contributed by atoms with E-state index in [9.17, 15) is 4.79 Å².